The highest BCUT2D eigenvalue weighted by molar-refractivity contribution is 7.97. The normalized spacial score (nSPS) is 11.7. The largest absolute Gasteiger partial charge is 0.355 e. The molecule has 2 N–H and O–H groups in total. The third kappa shape index (κ3) is 4.95. The number of nitrogens with one attached hydrogen (secondary N) is 2. The molecule has 0 aromatic heterocycles. The highest BCUT2D eigenvalue weighted by atomic mass is 32.2. The van der Waals surface area contributed by atoms with Crippen LogP contribution in [0.4, 0.5) is 0 Å². The van der Waals surface area contributed by atoms with E-state index in [9.17, 15) is 9.59 Å². The lowest BCUT2D eigenvalue weighted by Gasteiger charge is -2.13. The summed E-state index contributed by atoms with van der Waals surface area (Å²) in [5.74, 6) is 0.529. The number of carbonyl (C=O) groups is 2. The lowest BCUT2D eigenvalue weighted by Crippen LogP contribution is -2.44. The summed E-state index contributed by atoms with van der Waals surface area (Å²) in [6.07, 6.45) is 2.04. The monoisotopic (exact) mass is 280 g/mol. The lowest BCUT2D eigenvalue weighted by atomic mass is 10.1. The molecule has 0 aliphatic rings. The number of hydrogen-bond acceptors (Lipinski definition) is 3. The summed E-state index contributed by atoms with van der Waals surface area (Å²) in [6, 6.07) is 6.90. The van der Waals surface area contributed by atoms with Gasteiger partial charge in [-0.05, 0) is 37.8 Å². The number of likely N-dealkylation sites (N-methyl/N-ethyl adjacent to an activating group) is 1. The number of rotatable bonds is 6. The topological polar surface area (TPSA) is 58.2 Å². The van der Waals surface area contributed by atoms with Crippen molar-refractivity contribution < 1.29 is 9.59 Å². The van der Waals surface area contributed by atoms with Crippen LogP contribution in [0.25, 0.3) is 0 Å². The van der Waals surface area contributed by atoms with Crippen molar-refractivity contribution in [1.29, 1.82) is 0 Å². The molecule has 4 nitrogen and oxygen atoms in total. The molecule has 0 bridgehead atoms. The van der Waals surface area contributed by atoms with Gasteiger partial charge in [0, 0.05) is 17.9 Å². The minimum Gasteiger partial charge on any atom is -0.355 e. The molecule has 5 heteroatoms. The molecule has 1 atom stereocenters. The smallest absolute Gasteiger partial charge is 0.251 e. The second-order valence-electron chi connectivity index (χ2n) is 4.22. The van der Waals surface area contributed by atoms with Crippen molar-refractivity contribution in [3.8, 4) is 0 Å². The summed E-state index contributed by atoms with van der Waals surface area (Å²) < 4.78 is 0. The van der Waals surface area contributed by atoms with Crippen molar-refractivity contribution in [2.75, 3.05) is 12.8 Å². The van der Waals surface area contributed by atoms with Gasteiger partial charge < -0.3 is 10.6 Å². The number of benzene rings is 1. The molecular formula is C14H20N2O2S. The first kappa shape index (κ1) is 15.6. The van der Waals surface area contributed by atoms with Crippen molar-refractivity contribution in [3.63, 3.8) is 0 Å². The van der Waals surface area contributed by atoms with Gasteiger partial charge in [0.1, 0.15) is 6.04 Å². The van der Waals surface area contributed by atoms with Crippen LogP contribution in [0.15, 0.2) is 24.3 Å². The van der Waals surface area contributed by atoms with E-state index in [1.807, 2.05) is 25.3 Å². The Morgan fingerprint density at radius 1 is 1.26 bits per heavy atom. The quantitative estimate of drug-likeness (QED) is 0.835. The van der Waals surface area contributed by atoms with Crippen molar-refractivity contribution in [2.24, 2.45) is 0 Å². The molecule has 0 saturated carbocycles. The van der Waals surface area contributed by atoms with Crippen molar-refractivity contribution >= 4 is 23.6 Å². The lowest BCUT2D eigenvalue weighted by molar-refractivity contribution is -0.122. The van der Waals surface area contributed by atoms with E-state index < -0.39 is 6.04 Å². The van der Waals surface area contributed by atoms with Gasteiger partial charge in [-0.25, -0.2) is 0 Å². The number of amides is 2. The van der Waals surface area contributed by atoms with Crippen LogP contribution in [0, 0.1) is 0 Å². The Hall–Kier alpha value is -1.49. The van der Waals surface area contributed by atoms with Gasteiger partial charge in [0.25, 0.3) is 5.91 Å². The molecule has 0 radical (unpaired) electrons. The van der Waals surface area contributed by atoms with E-state index in [1.54, 1.807) is 30.8 Å². The fourth-order valence-electron chi connectivity index (χ4n) is 1.59. The molecule has 104 valence electrons. The predicted molar refractivity (Wildman–Crippen MR) is 79.3 cm³/mol. The van der Waals surface area contributed by atoms with Gasteiger partial charge >= 0.3 is 0 Å². The maximum Gasteiger partial charge on any atom is 0.251 e. The Labute approximate surface area is 118 Å². The van der Waals surface area contributed by atoms with Gasteiger partial charge in [0.2, 0.25) is 5.91 Å². The van der Waals surface area contributed by atoms with E-state index in [4.69, 9.17) is 0 Å². The summed E-state index contributed by atoms with van der Waals surface area (Å²) in [6.45, 7) is 4.07. The van der Waals surface area contributed by atoms with Gasteiger partial charge in [-0.2, -0.15) is 11.8 Å². The Morgan fingerprint density at radius 3 is 2.42 bits per heavy atom. The molecule has 0 spiro atoms. The fourth-order valence-corrected chi connectivity index (χ4v) is 2.12. The summed E-state index contributed by atoms with van der Waals surface area (Å²) in [5.41, 5.74) is 1.75. The minimum atomic E-state index is -0.529. The molecule has 1 aromatic carbocycles. The van der Waals surface area contributed by atoms with Crippen molar-refractivity contribution in [3.05, 3.63) is 35.4 Å². The second-order valence-corrected chi connectivity index (χ2v) is 5.09. The molecule has 0 fully saturated rings. The molecule has 2 amide bonds. The maximum absolute atomic E-state index is 11.9. The highest BCUT2D eigenvalue weighted by Crippen LogP contribution is 2.10. The number of thioether (sulfide) groups is 1. The average molecular weight is 280 g/mol. The molecule has 1 rings (SSSR count). The van der Waals surface area contributed by atoms with Crippen LogP contribution >= 0.6 is 11.8 Å². The van der Waals surface area contributed by atoms with Crippen LogP contribution in [-0.4, -0.2) is 30.7 Å². The zero-order chi connectivity index (χ0) is 14.3. The standard InChI is InChI=1S/C14H20N2O2S/c1-4-15-13(17)10(2)16-14(18)12-7-5-11(6-8-12)9-19-3/h5-8,10H,4,9H2,1-3H3,(H,15,17)(H,16,18)/t10-/m0/s1. The van der Waals surface area contributed by atoms with E-state index in [2.05, 4.69) is 10.6 Å². The molecular weight excluding hydrogens is 260 g/mol. The van der Waals surface area contributed by atoms with Gasteiger partial charge in [-0.1, -0.05) is 12.1 Å². The first-order valence-corrected chi connectivity index (χ1v) is 7.64. The summed E-state index contributed by atoms with van der Waals surface area (Å²) in [7, 11) is 0. The van der Waals surface area contributed by atoms with Crippen LogP contribution in [0.3, 0.4) is 0 Å². The molecule has 0 aliphatic carbocycles. The van der Waals surface area contributed by atoms with Gasteiger partial charge in [0.05, 0.1) is 0 Å². The van der Waals surface area contributed by atoms with Gasteiger partial charge in [-0.15, -0.1) is 0 Å². The highest BCUT2D eigenvalue weighted by Gasteiger charge is 2.15. The third-order valence-corrected chi connectivity index (χ3v) is 3.24. The maximum atomic E-state index is 11.9. The zero-order valence-corrected chi connectivity index (χ0v) is 12.3. The van der Waals surface area contributed by atoms with Crippen LogP contribution in [0.2, 0.25) is 0 Å². The summed E-state index contributed by atoms with van der Waals surface area (Å²) in [4.78, 5) is 23.5. The van der Waals surface area contributed by atoms with Crippen molar-refractivity contribution in [2.45, 2.75) is 25.6 Å². The van der Waals surface area contributed by atoms with Crippen LogP contribution in [-0.2, 0) is 10.5 Å². The Morgan fingerprint density at radius 2 is 1.89 bits per heavy atom. The van der Waals surface area contributed by atoms with Crippen LogP contribution in [0.1, 0.15) is 29.8 Å². The molecule has 0 heterocycles. The molecule has 0 unspecified atom stereocenters. The van der Waals surface area contributed by atoms with Crippen LogP contribution < -0.4 is 10.6 Å². The Bertz CT molecular complexity index is 432. The Balaban J connectivity index is 2.60. The SMILES string of the molecule is CCNC(=O)[C@H](C)NC(=O)c1ccc(CSC)cc1. The average Bonchev–Trinajstić information content (AvgIpc) is 2.40. The van der Waals surface area contributed by atoms with Crippen molar-refractivity contribution in [1.82, 2.24) is 10.6 Å². The molecule has 0 saturated heterocycles. The van der Waals surface area contributed by atoms with E-state index in [0.717, 1.165) is 5.75 Å². The Kier molecular flexibility index (Phi) is 6.42. The summed E-state index contributed by atoms with van der Waals surface area (Å²) >= 11 is 1.74. The molecule has 1 aromatic rings. The molecule has 0 aliphatic heterocycles. The third-order valence-electron chi connectivity index (χ3n) is 2.62. The first-order chi connectivity index (χ1) is 9.08. The van der Waals surface area contributed by atoms with E-state index in [1.165, 1.54) is 5.56 Å². The molecule has 19 heavy (non-hydrogen) atoms. The zero-order valence-electron chi connectivity index (χ0n) is 11.5. The van der Waals surface area contributed by atoms with E-state index >= 15 is 0 Å². The van der Waals surface area contributed by atoms with E-state index in [-0.39, 0.29) is 11.8 Å². The van der Waals surface area contributed by atoms with Gasteiger partial charge in [-0.3, -0.25) is 9.59 Å². The second kappa shape index (κ2) is 7.84. The first-order valence-electron chi connectivity index (χ1n) is 6.25. The number of carbonyl (C=O) groups excluding carboxylic acids is 2. The van der Waals surface area contributed by atoms with Crippen LogP contribution in [0.5, 0.6) is 0 Å². The van der Waals surface area contributed by atoms with Gasteiger partial charge in [0.15, 0.2) is 0 Å². The number of hydrogen-bond donors (Lipinski definition) is 2. The fraction of sp³-hybridized carbons (Fsp3) is 0.429. The summed E-state index contributed by atoms with van der Waals surface area (Å²) in [5, 5.41) is 5.35. The minimum absolute atomic E-state index is 0.171. The predicted octanol–water partition coefficient (Wildman–Crippen LogP) is 1.80. The van der Waals surface area contributed by atoms with E-state index in [0.29, 0.717) is 12.1 Å².